The zero-order valence-electron chi connectivity index (χ0n) is 8.83. The second-order valence-electron chi connectivity index (χ2n) is 4.13. The van der Waals surface area contributed by atoms with Crippen molar-refractivity contribution < 1.29 is 14.2 Å². The number of hydrogen-bond acceptors (Lipinski definition) is 2. The molecule has 0 aliphatic carbocycles. The Morgan fingerprint density at radius 3 is 3.06 bits per heavy atom. The lowest BCUT2D eigenvalue weighted by Crippen LogP contribution is -2.33. The topological polar surface area (TPSA) is 29.5 Å². The molecule has 1 heterocycles. The SMILES string of the molecule is OC1CCOCC1Cc1cc(Br)ccc1F. The van der Waals surface area contributed by atoms with Gasteiger partial charge in [0.15, 0.2) is 0 Å². The van der Waals surface area contributed by atoms with E-state index in [1.165, 1.54) is 6.07 Å². The molecule has 0 radical (unpaired) electrons. The van der Waals surface area contributed by atoms with Crippen LogP contribution in [-0.2, 0) is 11.2 Å². The highest BCUT2D eigenvalue weighted by Gasteiger charge is 2.24. The van der Waals surface area contributed by atoms with E-state index in [0.717, 1.165) is 4.47 Å². The van der Waals surface area contributed by atoms with Gasteiger partial charge in [-0.25, -0.2) is 4.39 Å². The molecule has 1 aliphatic rings. The van der Waals surface area contributed by atoms with Crippen molar-refractivity contribution in [2.24, 2.45) is 5.92 Å². The molecule has 0 bridgehead atoms. The van der Waals surface area contributed by atoms with Crippen molar-refractivity contribution in [3.63, 3.8) is 0 Å². The fraction of sp³-hybridized carbons (Fsp3) is 0.500. The molecule has 0 aromatic heterocycles. The lowest BCUT2D eigenvalue weighted by atomic mass is 9.91. The Morgan fingerprint density at radius 2 is 2.31 bits per heavy atom. The maximum atomic E-state index is 13.5. The van der Waals surface area contributed by atoms with Crippen molar-refractivity contribution in [2.75, 3.05) is 13.2 Å². The summed E-state index contributed by atoms with van der Waals surface area (Å²) in [5.74, 6) is -0.224. The van der Waals surface area contributed by atoms with Gasteiger partial charge in [-0.05, 0) is 36.6 Å². The third kappa shape index (κ3) is 2.81. The second-order valence-corrected chi connectivity index (χ2v) is 5.05. The Hall–Kier alpha value is -0.450. The quantitative estimate of drug-likeness (QED) is 0.906. The summed E-state index contributed by atoms with van der Waals surface area (Å²) in [6.45, 7) is 1.10. The van der Waals surface area contributed by atoms with Crippen LogP contribution >= 0.6 is 15.9 Å². The average molecular weight is 289 g/mol. The van der Waals surface area contributed by atoms with E-state index in [1.54, 1.807) is 12.1 Å². The molecular formula is C12H14BrFO2. The first-order valence-corrected chi connectivity index (χ1v) is 6.16. The van der Waals surface area contributed by atoms with Gasteiger partial charge in [0, 0.05) is 17.0 Å². The van der Waals surface area contributed by atoms with Crippen molar-refractivity contribution in [2.45, 2.75) is 18.9 Å². The Morgan fingerprint density at radius 1 is 1.50 bits per heavy atom. The van der Waals surface area contributed by atoms with Crippen molar-refractivity contribution in [1.82, 2.24) is 0 Å². The molecule has 2 unspecified atom stereocenters. The predicted molar refractivity (Wildman–Crippen MR) is 62.7 cm³/mol. The fourth-order valence-corrected chi connectivity index (χ4v) is 2.37. The molecule has 2 nitrogen and oxygen atoms in total. The highest BCUT2D eigenvalue weighted by molar-refractivity contribution is 9.10. The van der Waals surface area contributed by atoms with Crippen LogP contribution in [0, 0.1) is 11.7 Å². The first-order valence-electron chi connectivity index (χ1n) is 5.36. The Labute approximate surface area is 103 Å². The molecule has 88 valence electrons. The van der Waals surface area contributed by atoms with Gasteiger partial charge in [0.25, 0.3) is 0 Å². The average Bonchev–Trinajstić information content (AvgIpc) is 2.27. The summed E-state index contributed by atoms with van der Waals surface area (Å²) >= 11 is 3.32. The molecule has 16 heavy (non-hydrogen) atoms. The number of hydrogen-bond donors (Lipinski definition) is 1. The highest BCUT2D eigenvalue weighted by Crippen LogP contribution is 2.23. The van der Waals surface area contributed by atoms with E-state index in [0.29, 0.717) is 31.6 Å². The molecule has 1 aliphatic heterocycles. The minimum absolute atomic E-state index is 0.00227. The van der Waals surface area contributed by atoms with Gasteiger partial charge in [-0.3, -0.25) is 0 Å². The van der Waals surface area contributed by atoms with Crippen LogP contribution < -0.4 is 0 Å². The van der Waals surface area contributed by atoms with E-state index in [4.69, 9.17) is 4.74 Å². The van der Waals surface area contributed by atoms with Gasteiger partial charge in [-0.1, -0.05) is 15.9 Å². The zero-order valence-corrected chi connectivity index (χ0v) is 10.4. The van der Waals surface area contributed by atoms with Crippen molar-refractivity contribution in [1.29, 1.82) is 0 Å². The molecule has 1 fully saturated rings. The smallest absolute Gasteiger partial charge is 0.126 e. The lowest BCUT2D eigenvalue weighted by Gasteiger charge is -2.27. The summed E-state index contributed by atoms with van der Waals surface area (Å²) in [7, 11) is 0. The Kier molecular flexibility index (Phi) is 3.95. The van der Waals surface area contributed by atoms with Gasteiger partial charge >= 0.3 is 0 Å². The second kappa shape index (κ2) is 5.25. The summed E-state index contributed by atoms with van der Waals surface area (Å²) < 4.78 is 19.7. The van der Waals surface area contributed by atoms with E-state index < -0.39 is 0 Å². The maximum absolute atomic E-state index is 13.5. The third-order valence-electron chi connectivity index (χ3n) is 2.92. The van der Waals surface area contributed by atoms with Gasteiger partial charge in [0.05, 0.1) is 12.7 Å². The molecule has 4 heteroatoms. The van der Waals surface area contributed by atoms with E-state index in [9.17, 15) is 9.50 Å². The van der Waals surface area contributed by atoms with Crippen LogP contribution in [-0.4, -0.2) is 24.4 Å². The number of aliphatic hydroxyl groups is 1. The normalized spacial score (nSPS) is 25.7. The van der Waals surface area contributed by atoms with E-state index in [1.807, 2.05) is 0 Å². The molecule has 1 aromatic carbocycles. The Balaban J connectivity index is 2.10. The minimum Gasteiger partial charge on any atom is -0.393 e. The van der Waals surface area contributed by atoms with Crippen molar-refractivity contribution >= 4 is 15.9 Å². The third-order valence-corrected chi connectivity index (χ3v) is 3.42. The predicted octanol–water partition coefficient (Wildman–Crippen LogP) is 2.53. The largest absolute Gasteiger partial charge is 0.393 e. The van der Waals surface area contributed by atoms with E-state index in [-0.39, 0.29) is 17.8 Å². The van der Waals surface area contributed by atoms with Crippen LogP contribution in [0.2, 0.25) is 0 Å². The first kappa shape index (κ1) is 12.0. The molecule has 1 saturated heterocycles. The Bertz CT molecular complexity index is 370. The van der Waals surface area contributed by atoms with Crippen LogP contribution in [0.15, 0.2) is 22.7 Å². The number of rotatable bonds is 2. The van der Waals surface area contributed by atoms with Crippen molar-refractivity contribution in [3.05, 3.63) is 34.1 Å². The molecule has 1 aromatic rings. The van der Waals surface area contributed by atoms with Gasteiger partial charge < -0.3 is 9.84 Å². The van der Waals surface area contributed by atoms with E-state index >= 15 is 0 Å². The molecule has 0 saturated carbocycles. The summed E-state index contributed by atoms with van der Waals surface area (Å²) in [4.78, 5) is 0. The monoisotopic (exact) mass is 288 g/mol. The van der Waals surface area contributed by atoms with Crippen LogP contribution in [0.25, 0.3) is 0 Å². The number of halogens is 2. The summed E-state index contributed by atoms with van der Waals surface area (Å²) in [6, 6.07) is 4.87. The van der Waals surface area contributed by atoms with Crippen LogP contribution in [0.1, 0.15) is 12.0 Å². The molecule has 2 rings (SSSR count). The first-order chi connectivity index (χ1) is 7.66. The lowest BCUT2D eigenvalue weighted by molar-refractivity contribution is -0.0352. The molecule has 2 atom stereocenters. The standard InChI is InChI=1S/C12H14BrFO2/c13-10-1-2-11(14)8(6-10)5-9-7-16-4-3-12(9)15/h1-2,6,9,12,15H,3-5,7H2. The summed E-state index contributed by atoms with van der Waals surface area (Å²) in [5, 5.41) is 9.78. The van der Waals surface area contributed by atoms with Crippen LogP contribution in [0.4, 0.5) is 4.39 Å². The fourth-order valence-electron chi connectivity index (χ4n) is 1.96. The molecule has 0 spiro atoms. The minimum atomic E-state index is -0.382. The van der Waals surface area contributed by atoms with Crippen molar-refractivity contribution in [3.8, 4) is 0 Å². The maximum Gasteiger partial charge on any atom is 0.126 e. The molecule has 0 amide bonds. The summed E-state index contributed by atoms with van der Waals surface area (Å²) in [5.41, 5.74) is 0.629. The van der Waals surface area contributed by atoms with Gasteiger partial charge in [-0.2, -0.15) is 0 Å². The van der Waals surface area contributed by atoms with E-state index in [2.05, 4.69) is 15.9 Å². The van der Waals surface area contributed by atoms with Gasteiger partial charge in [0.1, 0.15) is 5.82 Å². The number of ether oxygens (including phenoxy) is 1. The number of benzene rings is 1. The summed E-state index contributed by atoms with van der Waals surface area (Å²) in [6.07, 6.45) is 0.777. The highest BCUT2D eigenvalue weighted by atomic mass is 79.9. The zero-order chi connectivity index (χ0) is 11.5. The van der Waals surface area contributed by atoms with Gasteiger partial charge in [0.2, 0.25) is 0 Å². The van der Waals surface area contributed by atoms with Crippen LogP contribution in [0.5, 0.6) is 0 Å². The molecule has 1 N–H and O–H groups in total. The van der Waals surface area contributed by atoms with Gasteiger partial charge in [-0.15, -0.1) is 0 Å². The number of aliphatic hydroxyl groups excluding tert-OH is 1. The van der Waals surface area contributed by atoms with Crippen LogP contribution in [0.3, 0.4) is 0 Å². The molecular weight excluding hydrogens is 275 g/mol.